The highest BCUT2D eigenvalue weighted by molar-refractivity contribution is 6.30. The second kappa shape index (κ2) is 7.14. The van der Waals surface area contributed by atoms with E-state index in [4.69, 9.17) is 16.3 Å². The van der Waals surface area contributed by atoms with E-state index >= 15 is 0 Å². The summed E-state index contributed by atoms with van der Waals surface area (Å²) < 4.78 is 19.9. The average molecular weight is 346 g/mol. The Balaban J connectivity index is 1.59. The van der Waals surface area contributed by atoms with Crippen LogP contribution >= 0.6 is 11.6 Å². The van der Waals surface area contributed by atoms with Gasteiger partial charge in [0.05, 0.1) is 18.1 Å². The minimum absolute atomic E-state index is 0.173. The van der Waals surface area contributed by atoms with Crippen LogP contribution in [-0.2, 0) is 6.73 Å². The fourth-order valence-corrected chi connectivity index (χ4v) is 2.18. The molecular formula is C17H13ClFN3O2. The number of halogens is 2. The van der Waals surface area contributed by atoms with Gasteiger partial charge in [0, 0.05) is 10.6 Å². The Bertz CT molecular complexity index is 849. The molecule has 0 spiro atoms. The summed E-state index contributed by atoms with van der Waals surface area (Å²) in [5, 5.41) is 7.37. The molecule has 2 aromatic carbocycles. The number of hydrogen-bond acceptors (Lipinski definition) is 3. The van der Waals surface area contributed by atoms with Crippen molar-refractivity contribution in [2.45, 2.75) is 6.73 Å². The number of rotatable bonds is 5. The first kappa shape index (κ1) is 16.0. The summed E-state index contributed by atoms with van der Waals surface area (Å²) in [6.45, 7) is 0.173. The number of carbonyl (C=O) groups is 1. The monoisotopic (exact) mass is 345 g/mol. The van der Waals surface area contributed by atoms with Gasteiger partial charge in [-0.1, -0.05) is 17.7 Å². The topological polar surface area (TPSA) is 56.2 Å². The molecule has 0 fully saturated rings. The molecule has 0 aliphatic carbocycles. The van der Waals surface area contributed by atoms with Crippen LogP contribution in [0.2, 0.25) is 5.02 Å². The van der Waals surface area contributed by atoms with Gasteiger partial charge >= 0.3 is 0 Å². The van der Waals surface area contributed by atoms with Crippen molar-refractivity contribution in [3.8, 4) is 5.75 Å². The Hall–Kier alpha value is -2.86. The molecular weight excluding hydrogens is 333 g/mol. The van der Waals surface area contributed by atoms with Crippen molar-refractivity contribution in [1.29, 1.82) is 0 Å². The number of aromatic nitrogens is 2. The molecule has 0 bridgehead atoms. The molecule has 1 aromatic heterocycles. The van der Waals surface area contributed by atoms with Gasteiger partial charge in [-0.2, -0.15) is 5.10 Å². The van der Waals surface area contributed by atoms with Crippen LogP contribution in [-0.4, -0.2) is 15.7 Å². The molecule has 1 heterocycles. The summed E-state index contributed by atoms with van der Waals surface area (Å²) in [7, 11) is 0. The van der Waals surface area contributed by atoms with E-state index in [1.807, 2.05) is 0 Å². The van der Waals surface area contributed by atoms with E-state index in [1.54, 1.807) is 30.5 Å². The zero-order valence-electron chi connectivity index (χ0n) is 12.4. The molecule has 0 radical (unpaired) electrons. The summed E-state index contributed by atoms with van der Waals surface area (Å²) in [6, 6.07) is 12.3. The molecule has 0 aliphatic heterocycles. The molecule has 0 saturated heterocycles. The fraction of sp³-hybridized carbons (Fsp3) is 0.0588. The molecule has 0 saturated carbocycles. The molecule has 0 atom stereocenters. The van der Waals surface area contributed by atoms with E-state index in [1.165, 1.54) is 35.1 Å². The quantitative estimate of drug-likeness (QED) is 0.761. The van der Waals surface area contributed by atoms with Crippen LogP contribution in [0.1, 0.15) is 10.4 Å². The summed E-state index contributed by atoms with van der Waals surface area (Å²) in [5.41, 5.74) is 0.873. The van der Waals surface area contributed by atoms with Gasteiger partial charge in [-0.25, -0.2) is 9.07 Å². The molecule has 1 amide bonds. The lowest BCUT2D eigenvalue weighted by molar-refractivity contribution is 0.102. The standard InChI is InChI=1S/C17H13ClFN3O2/c18-13-2-1-3-16(8-13)24-11-22-10-15(9-20-22)21-17(23)12-4-6-14(19)7-5-12/h1-10H,11H2,(H,21,23). The maximum Gasteiger partial charge on any atom is 0.255 e. The van der Waals surface area contributed by atoms with Gasteiger partial charge in [0.2, 0.25) is 0 Å². The smallest absolute Gasteiger partial charge is 0.255 e. The Morgan fingerprint density at radius 3 is 2.79 bits per heavy atom. The number of hydrogen-bond donors (Lipinski definition) is 1. The molecule has 0 aliphatic rings. The Labute approximate surface area is 142 Å². The predicted octanol–water partition coefficient (Wildman–Crippen LogP) is 3.96. The maximum atomic E-state index is 12.9. The van der Waals surface area contributed by atoms with Gasteiger partial charge in [0.1, 0.15) is 11.6 Å². The van der Waals surface area contributed by atoms with Gasteiger partial charge < -0.3 is 10.1 Å². The number of anilines is 1. The summed E-state index contributed by atoms with van der Waals surface area (Å²) >= 11 is 5.88. The van der Waals surface area contributed by atoms with Crippen molar-refractivity contribution in [2.24, 2.45) is 0 Å². The van der Waals surface area contributed by atoms with Crippen molar-refractivity contribution in [3.05, 3.63) is 77.3 Å². The second-order valence-electron chi connectivity index (χ2n) is 4.96. The lowest BCUT2D eigenvalue weighted by Crippen LogP contribution is -2.11. The van der Waals surface area contributed by atoms with Crippen LogP contribution in [0.25, 0.3) is 0 Å². The Kier molecular flexibility index (Phi) is 4.77. The van der Waals surface area contributed by atoms with Crippen LogP contribution in [0.3, 0.4) is 0 Å². The van der Waals surface area contributed by atoms with Gasteiger partial charge in [-0.3, -0.25) is 4.79 Å². The van der Waals surface area contributed by atoms with E-state index in [9.17, 15) is 9.18 Å². The normalized spacial score (nSPS) is 10.4. The van der Waals surface area contributed by atoms with Crippen molar-refractivity contribution >= 4 is 23.2 Å². The highest BCUT2D eigenvalue weighted by Gasteiger charge is 2.08. The zero-order chi connectivity index (χ0) is 16.9. The molecule has 24 heavy (non-hydrogen) atoms. The molecule has 7 heteroatoms. The molecule has 3 aromatic rings. The van der Waals surface area contributed by atoms with E-state index in [0.29, 0.717) is 22.0 Å². The maximum absolute atomic E-state index is 12.9. The zero-order valence-corrected chi connectivity index (χ0v) is 13.2. The highest BCUT2D eigenvalue weighted by Crippen LogP contribution is 2.17. The van der Waals surface area contributed by atoms with E-state index in [0.717, 1.165) is 0 Å². The summed E-state index contributed by atoms with van der Waals surface area (Å²) in [4.78, 5) is 12.0. The Morgan fingerprint density at radius 2 is 2.04 bits per heavy atom. The first-order valence-electron chi connectivity index (χ1n) is 7.08. The van der Waals surface area contributed by atoms with Crippen molar-refractivity contribution in [1.82, 2.24) is 9.78 Å². The van der Waals surface area contributed by atoms with Crippen LogP contribution in [0.5, 0.6) is 5.75 Å². The molecule has 1 N–H and O–H groups in total. The SMILES string of the molecule is O=C(Nc1cnn(COc2cccc(Cl)c2)c1)c1ccc(F)cc1. The van der Waals surface area contributed by atoms with E-state index in [2.05, 4.69) is 10.4 Å². The van der Waals surface area contributed by atoms with Crippen molar-refractivity contribution in [2.75, 3.05) is 5.32 Å². The summed E-state index contributed by atoms with van der Waals surface area (Å²) in [6.07, 6.45) is 3.13. The fourth-order valence-electron chi connectivity index (χ4n) is 2.00. The third kappa shape index (κ3) is 4.11. The van der Waals surface area contributed by atoms with Crippen LogP contribution in [0, 0.1) is 5.82 Å². The number of ether oxygens (including phenoxy) is 1. The minimum Gasteiger partial charge on any atom is -0.471 e. The highest BCUT2D eigenvalue weighted by atomic mass is 35.5. The van der Waals surface area contributed by atoms with Crippen LogP contribution < -0.4 is 10.1 Å². The number of nitrogens with zero attached hydrogens (tertiary/aromatic N) is 2. The van der Waals surface area contributed by atoms with E-state index < -0.39 is 5.82 Å². The number of benzene rings is 2. The lowest BCUT2D eigenvalue weighted by atomic mass is 10.2. The largest absolute Gasteiger partial charge is 0.471 e. The van der Waals surface area contributed by atoms with E-state index in [-0.39, 0.29) is 12.6 Å². The second-order valence-corrected chi connectivity index (χ2v) is 5.40. The minimum atomic E-state index is -0.391. The number of nitrogens with one attached hydrogen (secondary N) is 1. The lowest BCUT2D eigenvalue weighted by Gasteiger charge is -2.06. The van der Waals surface area contributed by atoms with Crippen molar-refractivity contribution < 1.29 is 13.9 Å². The van der Waals surface area contributed by atoms with Crippen molar-refractivity contribution in [3.63, 3.8) is 0 Å². The first-order valence-corrected chi connectivity index (χ1v) is 7.46. The average Bonchev–Trinajstić information content (AvgIpc) is 3.01. The summed E-state index contributed by atoms with van der Waals surface area (Å²) in [5.74, 6) is -0.113. The predicted molar refractivity (Wildman–Crippen MR) is 88.7 cm³/mol. The van der Waals surface area contributed by atoms with Gasteiger partial charge in [-0.05, 0) is 42.5 Å². The van der Waals surface area contributed by atoms with Gasteiger partial charge in [-0.15, -0.1) is 0 Å². The van der Waals surface area contributed by atoms with Gasteiger partial charge in [0.25, 0.3) is 5.91 Å². The number of carbonyl (C=O) groups excluding carboxylic acids is 1. The molecule has 122 valence electrons. The molecule has 0 unspecified atom stereocenters. The molecule has 5 nitrogen and oxygen atoms in total. The Morgan fingerprint density at radius 1 is 1.25 bits per heavy atom. The first-order chi connectivity index (χ1) is 11.6. The third-order valence-electron chi connectivity index (χ3n) is 3.16. The third-order valence-corrected chi connectivity index (χ3v) is 3.39. The number of amides is 1. The van der Waals surface area contributed by atoms with Crippen LogP contribution in [0.4, 0.5) is 10.1 Å². The molecule has 3 rings (SSSR count). The van der Waals surface area contributed by atoms with Crippen LogP contribution in [0.15, 0.2) is 60.9 Å². The van der Waals surface area contributed by atoms with Gasteiger partial charge in [0.15, 0.2) is 6.73 Å².